The zero-order valence-electron chi connectivity index (χ0n) is 10.7. The summed E-state index contributed by atoms with van der Waals surface area (Å²) in [7, 11) is 0. The van der Waals surface area contributed by atoms with Crippen LogP contribution in [0.5, 0.6) is 0 Å². The van der Waals surface area contributed by atoms with Gasteiger partial charge in [-0.1, -0.05) is 36.4 Å². The number of allylic oxidation sites excluding steroid dienone is 1. The van der Waals surface area contributed by atoms with Gasteiger partial charge in [-0.15, -0.1) is 0 Å². The molecule has 3 nitrogen and oxygen atoms in total. The second-order valence-corrected chi connectivity index (χ2v) is 4.76. The van der Waals surface area contributed by atoms with Crippen molar-refractivity contribution in [2.45, 2.75) is 6.42 Å². The Balaban J connectivity index is 1.91. The standard InChI is InChI=1S/C17H12O3/c18-16-14(10-13-3-1-2-4-15(13)16)9-11-5-7-12(8-6-11)17(19)20/h1-9H,10H2,(H,19,20). The van der Waals surface area contributed by atoms with E-state index in [0.717, 1.165) is 22.3 Å². The Bertz CT molecular complexity index is 724. The quantitative estimate of drug-likeness (QED) is 0.847. The normalized spacial score (nSPS) is 15.4. The van der Waals surface area contributed by atoms with E-state index in [1.807, 2.05) is 30.3 Å². The Labute approximate surface area is 116 Å². The van der Waals surface area contributed by atoms with E-state index in [4.69, 9.17) is 5.11 Å². The molecular formula is C17H12O3. The molecule has 0 atom stereocenters. The summed E-state index contributed by atoms with van der Waals surface area (Å²) in [5.41, 5.74) is 3.64. The third kappa shape index (κ3) is 2.14. The molecule has 0 radical (unpaired) electrons. The summed E-state index contributed by atoms with van der Waals surface area (Å²) in [5, 5.41) is 8.85. The highest BCUT2D eigenvalue weighted by molar-refractivity contribution is 6.15. The van der Waals surface area contributed by atoms with Gasteiger partial charge in [-0.05, 0) is 29.3 Å². The fraction of sp³-hybridized carbons (Fsp3) is 0.0588. The van der Waals surface area contributed by atoms with Crippen molar-refractivity contribution >= 4 is 17.8 Å². The number of carbonyl (C=O) groups is 2. The molecule has 0 aliphatic heterocycles. The van der Waals surface area contributed by atoms with Crippen LogP contribution in [0.3, 0.4) is 0 Å². The molecule has 1 aliphatic rings. The van der Waals surface area contributed by atoms with Crippen molar-refractivity contribution < 1.29 is 14.7 Å². The third-order valence-corrected chi connectivity index (χ3v) is 3.43. The molecule has 0 saturated carbocycles. The van der Waals surface area contributed by atoms with Crippen LogP contribution in [0.1, 0.15) is 31.8 Å². The first-order valence-electron chi connectivity index (χ1n) is 6.32. The Morgan fingerprint density at radius 2 is 1.75 bits per heavy atom. The molecule has 3 rings (SSSR count). The highest BCUT2D eigenvalue weighted by Crippen LogP contribution is 2.27. The van der Waals surface area contributed by atoms with Crippen LogP contribution < -0.4 is 0 Å². The molecule has 20 heavy (non-hydrogen) atoms. The smallest absolute Gasteiger partial charge is 0.335 e. The number of ketones is 1. The molecule has 0 saturated heterocycles. The van der Waals surface area contributed by atoms with Crippen LogP contribution in [0, 0.1) is 0 Å². The molecule has 0 amide bonds. The van der Waals surface area contributed by atoms with Crippen LogP contribution in [-0.2, 0) is 6.42 Å². The largest absolute Gasteiger partial charge is 0.478 e. The lowest BCUT2D eigenvalue weighted by molar-refractivity contribution is 0.0696. The van der Waals surface area contributed by atoms with Gasteiger partial charge in [0.05, 0.1) is 5.56 Å². The Morgan fingerprint density at radius 1 is 1.05 bits per heavy atom. The number of carbonyl (C=O) groups excluding carboxylic acids is 1. The zero-order valence-corrected chi connectivity index (χ0v) is 10.7. The number of Topliss-reactive ketones (excluding diaryl/α,β-unsaturated/α-hetero) is 1. The fourth-order valence-corrected chi connectivity index (χ4v) is 2.39. The molecule has 0 spiro atoms. The number of hydrogen-bond acceptors (Lipinski definition) is 2. The van der Waals surface area contributed by atoms with Crippen molar-refractivity contribution in [3.05, 3.63) is 76.4 Å². The molecule has 2 aromatic carbocycles. The Morgan fingerprint density at radius 3 is 2.40 bits per heavy atom. The summed E-state index contributed by atoms with van der Waals surface area (Å²) in [6.45, 7) is 0. The van der Waals surface area contributed by atoms with Gasteiger partial charge >= 0.3 is 5.97 Å². The van der Waals surface area contributed by atoms with Crippen LogP contribution in [0.25, 0.3) is 6.08 Å². The van der Waals surface area contributed by atoms with Crippen LogP contribution >= 0.6 is 0 Å². The van der Waals surface area contributed by atoms with Crippen LogP contribution in [0.4, 0.5) is 0 Å². The molecular weight excluding hydrogens is 252 g/mol. The highest BCUT2D eigenvalue weighted by atomic mass is 16.4. The zero-order chi connectivity index (χ0) is 14.1. The average molecular weight is 264 g/mol. The predicted molar refractivity (Wildman–Crippen MR) is 75.9 cm³/mol. The van der Waals surface area contributed by atoms with Crippen molar-refractivity contribution in [1.82, 2.24) is 0 Å². The summed E-state index contributed by atoms with van der Waals surface area (Å²) in [6, 6.07) is 14.1. The summed E-state index contributed by atoms with van der Waals surface area (Å²) in [6.07, 6.45) is 2.46. The van der Waals surface area contributed by atoms with E-state index in [1.165, 1.54) is 0 Å². The van der Waals surface area contributed by atoms with Crippen molar-refractivity contribution in [2.75, 3.05) is 0 Å². The number of fused-ring (bicyclic) bond motifs is 1. The number of rotatable bonds is 2. The monoisotopic (exact) mass is 264 g/mol. The van der Waals surface area contributed by atoms with Crippen LogP contribution in [0.2, 0.25) is 0 Å². The first kappa shape index (κ1) is 12.4. The molecule has 98 valence electrons. The molecule has 1 N–H and O–H groups in total. The van der Waals surface area contributed by atoms with Crippen molar-refractivity contribution in [1.29, 1.82) is 0 Å². The van der Waals surface area contributed by atoms with Gasteiger partial charge in [0.1, 0.15) is 0 Å². The van der Waals surface area contributed by atoms with Gasteiger partial charge in [-0.2, -0.15) is 0 Å². The van der Waals surface area contributed by atoms with Crippen LogP contribution in [0.15, 0.2) is 54.1 Å². The topological polar surface area (TPSA) is 54.4 Å². The molecule has 0 fully saturated rings. The highest BCUT2D eigenvalue weighted by Gasteiger charge is 2.23. The van der Waals surface area contributed by atoms with E-state index in [0.29, 0.717) is 6.42 Å². The van der Waals surface area contributed by atoms with Gasteiger partial charge in [0.2, 0.25) is 0 Å². The maximum Gasteiger partial charge on any atom is 0.335 e. The second kappa shape index (κ2) is 4.78. The first-order valence-corrected chi connectivity index (χ1v) is 6.32. The maximum absolute atomic E-state index is 12.2. The molecule has 1 aliphatic carbocycles. The van der Waals surface area contributed by atoms with E-state index in [9.17, 15) is 9.59 Å². The van der Waals surface area contributed by atoms with E-state index < -0.39 is 5.97 Å². The van der Waals surface area contributed by atoms with Gasteiger partial charge < -0.3 is 5.11 Å². The summed E-state index contributed by atoms with van der Waals surface area (Å²) in [5.74, 6) is -0.892. The van der Waals surface area contributed by atoms with Crippen molar-refractivity contribution in [3.63, 3.8) is 0 Å². The van der Waals surface area contributed by atoms with Crippen molar-refractivity contribution in [2.24, 2.45) is 0 Å². The number of hydrogen-bond donors (Lipinski definition) is 1. The van der Waals surface area contributed by atoms with Gasteiger partial charge in [0.15, 0.2) is 5.78 Å². The molecule has 0 aromatic heterocycles. The number of carboxylic acid groups (broad SMARTS) is 1. The molecule has 0 bridgehead atoms. The van der Waals surface area contributed by atoms with Gasteiger partial charge in [0.25, 0.3) is 0 Å². The Hall–Kier alpha value is -2.68. The molecule has 2 aromatic rings. The van der Waals surface area contributed by atoms with Gasteiger partial charge in [0, 0.05) is 17.6 Å². The lowest BCUT2D eigenvalue weighted by Crippen LogP contribution is -1.96. The van der Waals surface area contributed by atoms with Crippen LogP contribution in [-0.4, -0.2) is 16.9 Å². The number of benzene rings is 2. The van der Waals surface area contributed by atoms with E-state index in [1.54, 1.807) is 24.3 Å². The van der Waals surface area contributed by atoms with E-state index in [2.05, 4.69) is 0 Å². The maximum atomic E-state index is 12.2. The van der Waals surface area contributed by atoms with E-state index >= 15 is 0 Å². The van der Waals surface area contributed by atoms with E-state index in [-0.39, 0.29) is 11.3 Å². The number of aromatic carboxylic acids is 1. The third-order valence-electron chi connectivity index (χ3n) is 3.43. The summed E-state index contributed by atoms with van der Waals surface area (Å²) in [4.78, 5) is 23.0. The summed E-state index contributed by atoms with van der Waals surface area (Å²) >= 11 is 0. The molecule has 3 heteroatoms. The minimum atomic E-state index is -0.950. The second-order valence-electron chi connectivity index (χ2n) is 4.76. The van der Waals surface area contributed by atoms with Crippen molar-refractivity contribution in [3.8, 4) is 0 Å². The molecule has 0 heterocycles. The molecule has 0 unspecified atom stereocenters. The first-order chi connectivity index (χ1) is 9.65. The van der Waals surface area contributed by atoms with Gasteiger partial charge in [-0.25, -0.2) is 4.79 Å². The lowest BCUT2D eigenvalue weighted by atomic mass is 10.1. The van der Waals surface area contributed by atoms with Gasteiger partial charge in [-0.3, -0.25) is 4.79 Å². The minimum Gasteiger partial charge on any atom is -0.478 e. The lowest BCUT2D eigenvalue weighted by Gasteiger charge is -1.98. The fourth-order valence-electron chi connectivity index (χ4n) is 2.39. The Kier molecular flexibility index (Phi) is 2.95. The predicted octanol–water partition coefficient (Wildman–Crippen LogP) is 3.21. The average Bonchev–Trinajstić information content (AvgIpc) is 2.77. The number of carboxylic acids is 1. The minimum absolute atomic E-state index is 0.0583. The summed E-state index contributed by atoms with van der Waals surface area (Å²) < 4.78 is 0. The SMILES string of the molecule is O=C(O)c1ccc(C=C2Cc3ccccc3C2=O)cc1.